The average molecular weight is 154 g/mol. The first-order valence-corrected chi connectivity index (χ1v) is 2.89. The molecular formula is C5H6N4O2. The summed E-state index contributed by atoms with van der Waals surface area (Å²) < 4.78 is 0. The number of nitro groups is 1. The van der Waals surface area contributed by atoms with Crippen molar-refractivity contribution in [3.63, 3.8) is 0 Å². The Labute approximate surface area is 62.4 Å². The second-order valence-electron chi connectivity index (χ2n) is 1.75. The summed E-state index contributed by atoms with van der Waals surface area (Å²) in [6.45, 7) is 0. The van der Waals surface area contributed by atoms with E-state index in [0.717, 1.165) is 0 Å². The van der Waals surface area contributed by atoms with Crippen LogP contribution in [0.2, 0.25) is 0 Å². The zero-order valence-electron chi connectivity index (χ0n) is 5.81. The van der Waals surface area contributed by atoms with E-state index in [2.05, 4.69) is 15.3 Å². The van der Waals surface area contributed by atoms with Crippen LogP contribution in [0.4, 0.5) is 11.8 Å². The van der Waals surface area contributed by atoms with Crippen LogP contribution >= 0.6 is 0 Å². The third-order valence-corrected chi connectivity index (χ3v) is 1.06. The lowest BCUT2D eigenvalue weighted by atomic mass is 10.6. The van der Waals surface area contributed by atoms with E-state index in [0.29, 0.717) is 5.82 Å². The maximum atomic E-state index is 10.1. The van der Waals surface area contributed by atoms with Crippen molar-refractivity contribution in [3.8, 4) is 0 Å². The van der Waals surface area contributed by atoms with Crippen LogP contribution in [0.5, 0.6) is 0 Å². The van der Waals surface area contributed by atoms with Crippen LogP contribution in [0.15, 0.2) is 12.3 Å². The second-order valence-corrected chi connectivity index (χ2v) is 1.75. The molecule has 0 aliphatic heterocycles. The van der Waals surface area contributed by atoms with Gasteiger partial charge in [0.15, 0.2) is 0 Å². The Bertz CT molecular complexity index is 275. The highest BCUT2D eigenvalue weighted by molar-refractivity contribution is 5.33. The molecule has 0 fully saturated rings. The normalized spacial score (nSPS) is 9.18. The molecule has 1 rings (SSSR count). The summed E-state index contributed by atoms with van der Waals surface area (Å²) >= 11 is 0. The van der Waals surface area contributed by atoms with Gasteiger partial charge in [-0.05, 0) is 9.91 Å². The molecule has 0 spiro atoms. The van der Waals surface area contributed by atoms with Gasteiger partial charge in [-0.1, -0.05) is 4.98 Å². The quantitative estimate of drug-likeness (QED) is 0.493. The van der Waals surface area contributed by atoms with E-state index >= 15 is 0 Å². The number of aromatic nitrogens is 2. The molecule has 1 aromatic heterocycles. The van der Waals surface area contributed by atoms with Crippen molar-refractivity contribution in [2.24, 2.45) is 0 Å². The lowest BCUT2D eigenvalue weighted by Crippen LogP contribution is -1.98. The molecule has 0 unspecified atom stereocenters. The highest BCUT2D eigenvalue weighted by Crippen LogP contribution is 2.05. The SMILES string of the molecule is CNc1ccnc([N+](=O)[O-])n1. The Kier molecular flexibility index (Phi) is 1.95. The summed E-state index contributed by atoms with van der Waals surface area (Å²) in [5.74, 6) is 0.0450. The molecule has 0 saturated heterocycles. The third kappa shape index (κ3) is 1.60. The maximum Gasteiger partial charge on any atom is 0.470 e. The van der Waals surface area contributed by atoms with E-state index in [9.17, 15) is 10.1 Å². The van der Waals surface area contributed by atoms with Crippen molar-refractivity contribution >= 4 is 11.8 Å². The fourth-order valence-corrected chi connectivity index (χ4v) is 0.576. The van der Waals surface area contributed by atoms with Gasteiger partial charge in [-0.2, -0.15) is 0 Å². The third-order valence-electron chi connectivity index (χ3n) is 1.06. The molecule has 0 aromatic carbocycles. The van der Waals surface area contributed by atoms with Crippen LogP contribution in [0.3, 0.4) is 0 Å². The Balaban J connectivity index is 3.01. The molecule has 58 valence electrons. The topological polar surface area (TPSA) is 81.0 Å². The van der Waals surface area contributed by atoms with Crippen LogP contribution in [-0.4, -0.2) is 21.9 Å². The van der Waals surface area contributed by atoms with Gasteiger partial charge in [0.25, 0.3) is 0 Å². The van der Waals surface area contributed by atoms with Crippen LogP contribution in [-0.2, 0) is 0 Å². The summed E-state index contributed by atoms with van der Waals surface area (Å²) in [6.07, 6.45) is 1.33. The molecule has 0 saturated carbocycles. The summed E-state index contributed by atoms with van der Waals surface area (Å²) in [5, 5.41) is 12.8. The van der Waals surface area contributed by atoms with Gasteiger partial charge in [-0.3, -0.25) is 0 Å². The van der Waals surface area contributed by atoms with E-state index < -0.39 is 10.9 Å². The summed E-state index contributed by atoms with van der Waals surface area (Å²) in [7, 11) is 1.63. The first-order valence-electron chi connectivity index (χ1n) is 2.89. The van der Waals surface area contributed by atoms with Crippen molar-refractivity contribution in [2.45, 2.75) is 0 Å². The van der Waals surface area contributed by atoms with E-state index in [1.807, 2.05) is 0 Å². The van der Waals surface area contributed by atoms with Gasteiger partial charge >= 0.3 is 5.95 Å². The van der Waals surface area contributed by atoms with Gasteiger partial charge in [-0.25, -0.2) is 0 Å². The maximum absolute atomic E-state index is 10.1. The summed E-state index contributed by atoms with van der Waals surface area (Å²) in [5.41, 5.74) is 0. The molecule has 6 nitrogen and oxygen atoms in total. The fraction of sp³-hybridized carbons (Fsp3) is 0.200. The monoisotopic (exact) mass is 154 g/mol. The smallest absolute Gasteiger partial charge is 0.390 e. The molecule has 1 heterocycles. The number of hydrogen-bond donors (Lipinski definition) is 1. The Morgan fingerprint density at radius 3 is 3.00 bits per heavy atom. The minimum atomic E-state index is -0.638. The second kappa shape index (κ2) is 2.91. The zero-order valence-corrected chi connectivity index (χ0v) is 5.81. The molecular weight excluding hydrogens is 148 g/mol. The Morgan fingerprint density at radius 1 is 1.73 bits per heavy atom. The number of anilines is 1. The van der Waals surface area contributed by atoms with Gasteiger partial charge in [0.05, 0.1) is 0 Å². The lowest BCUT2D eigenvalue weighted by molar-refractivity contribution is -0.394. The first-order chi connectivity index (χ1) is 5.24. The summed E-state index contributed by atoms with van der Waals surface area (Å²) in [4.78, 5) is 16.5. The zero-order chi connectivity index (χ0) is 8.27. The predicted octanol–water partition coefficient (Wildman–Crippen LogP) is 0.426. The molecule has 0 aliphatic rings. The minimum absolute atomic E-state index is 0.392. The molecule has 0 radical (unpaired) electrons. The average Bonchev–Trinajstić information content (AvgIpc) is 2.05. The first kappa shape index (κ1) is 7.39. The molecule has 0 atom stereocenters. The minimum Gasteiger partial charge on any atom is -0.390 e. The van der Waals surface area contributed by atoms with E-state index in [-0.39, 0.29) is 0 Å². The van der Waals surface area contributed by atoms with Crippen molar-refractivity contribution in [1.29, 1.82) is 0 Å². The van der Waals surface area contributed by atoms with E-state index in [4.69, 9.17) is 0 Å². The highest BCUT2D eigenvalue weighted by atomic mass is 16.6. The lowest BCUT2D eigenvalue weighted by Gasteiger charge is -1.93. The highest BCUT2D eigenvalue weighted by Gasteiger charge is 2.08. The van der Waals surface area contributed by atoms with Gasteiger partial charge in [0.2, 0.25) is 5.82 Å². The Morgan fingerprint density at radius 2 is 2.45 bits per heavy atom. The summed E-state index contributed by atoms with van der Waals surface area (Å²) in [6, 6.07) is 1.55. The fourth-order valence-electron chi connectivity index (χ4n) is 0.576. The van der Waals surface area contributed by atoms with Crippen molar-refractivity contribution in [2.75, 3.05) is 12.4 Å². The van der Waals surface area contributed by atoms with Gasteiger partial charge in [0.1, 0.15) is 6.20 Å². The molecule has 0 bridgehead atoms. The molecule has 6 heteroatoms. The standard InChI is InChI=1S/C5H6N4O2/c1-6-4-2-3-7-5(8-4)9(10)11/h2-3H,1H3,(H,6,7,8). The molecule has 0 amide bonds. The van der Waals surface area contributed by atoms with Crippen molar-refractivity contribution in [1.82, 2.24) is 9.97 Å². The van der Waals surface area contributed by atoms with E-state index in [1.54, 1.807) is 13.1 Å². The number of nitrogens with zero attached hydrogens (tertiary/aromatic N) is 3. The van der Waals surface area contributed by atoms with Crippen LogP contribution < -0.4 is 5.32 Å². The molecule has 11 heavy (non-hydrogen) atoms. The number of rotatable bonds is 2. The van der Waals surface area contributed by atoms with E-state index in [1.165, 1.54) is 6.20 Å². The van der Waals surface area contributed by atoms with Crippen LogP contribution in [0.25, 0.3) is 0 Å². The van der Waals surface area contributed by atoms with Crippen LogP contribution in [0.1, 0.15) is 0 Å². The van der Waals surface area contributed by atoms with Gasteiger partial charge in [-0.15, -0.1) is 0 Å². The molecule has 1 aromatic rings. The van der Waals surface area contributed by atoms with Crippen LogP contribution in [0, 0.1) is 10.1 Å². The Hall–Kier alpha value is -1.72. The van der Waals surface area contributed by atoms with Crippen molar-refractivity contribution in [3.05, 3.63) is 22.4 Å². The largest absolute Gasteiger partial charge is 0.470 e. The predicted molar refractivity (Wildman–Crippen MR) is 38.2 cm³/mol. The molecule has 1 N–H and O–H groups in total. The number of nitrogens with one attached hydrogen (secondary N) is 1. The van der Waals surface area contributed by atoms with Crippen molar-refractivity contribution < 1.29 is 4.92 Å². The van der Waals surface area contributed by atoms with Gasteiger partial charge in [0, 0.05) is 13.1 Å². The van der Waals surface area contributed by atoms with Gasteiger partial charge < -0.3 is 15.4 Å². The molecule has 0 aliphatic carbocycles. The number of hydrogen-bond acceptors (Lipinski definition) is 5.